The van der Waals surface area contributed by atoms with E-state index < -0.39 is 0 Å². The molecule has 0 aromatic heterocycles. The van der Waals surface area contributed by atoms with Gasteiger partial charge in [-0.05, 0) is 86.1 Å². The van der Waals surface area contributed by atoms with E-state index in [1.807, 2.05) is 36.4 Å². The molecule has 0 radical (unpaired) electrons. The molecule has 6 aromatic rings. The summed E-state index contributed by atoms with van der Waals surface area (Å²) in [6, 6.07) is 45.8. The molecule has 1 aliphatic carbocycles. The highest BCUT2D eigenvalue weighted by atomic mass is 35.5. The van der Waals surface area contributed by atoms with Gasteiger partial charge < -0.3 is 0 Å². The highest BCUT2D eigenvalue weighted by Crippen LogP contribution is 2.52. The molecule has 0 saturated heterocycles. The van der Waals surface area contributed by atoms with Crippen LogP contribution >= 0.6 is 23.2 Å². The zero-order valence-corrected chi connectivity index (χ0v) is 23.6. The highest BCUT2D eigenvalue weighted by molar-refractivity contribution is 6.32. The zero-order chi connectivity index (χ0) is 27.8. The summed E-state index contributed by atoms with van der Waals surface area (Å²) < 4.78 is 0. The number of rotatable bonds is 3. The number of halogens is 2. The predicted octanol–water partition coefficient (Wildman–Crippen LogP) is 10.8. The minimum absolute atomic E-state index is 0.0273. The van der Waals surface area contributed by atoms with Crippen LogP contribution in [0.3, 0.4) is 0 Å². The van der Waals surface area contributed by atoms with E-state index in [-0.39, 0.29) is 5.92 Å². The first-order valence-corrected chi connectivity index (χ1v) is 14.4. The van der Waals surface area contributed by atoms with E-state index in [1.165, 1.54) is 27.8 Å². The van der Waals surface area contributed by atoms with E-state index in [4.69, 9.17) is 23.2 Å². The van der Waals surface area contributed by atoms with Crippen molar-refractivity contribution in [3.8, 4) is 23.0 Å². The van der Waals surface area contributed by atoms with Crippen molar-refractivity contribution in [3.63, 3.8) is 0 Å². The fourth-order valence-electron chi connectivity index (χ4n) is 5.89. The molecule has 0 amide bonds. The Hall–Kier alpha value is -4.54. The van der Waals surface area contributed by atoms with Gasteiger partial charge in [0.2, 0.25) is 0 Å². The maximum atomic E-state index is 6.68. The summed E-state index contributed by atoms with van der Waals surface area (Å²) >= 11 is 13.0. The van der Waals surface area contributed by atoms with Crippen molar-refractivity contribution in [2.45, 2.75) is 5.92 Å². The van der Waals surface area contributed by atoms with Crippen LogP contribution in [0.15, 0.2) is 140 Å². The molecular formula is C39H24Cl2. The second kappa shape index (κ2) is 10.8. The van der Waals surface area contributed by atoms with E-state index in [9.17, 15) is 0 Å². The van der Waals surface area contributed by atoms with Crippen LogP contribution in [0.25, 0.3) is 27.5 Å². The van der Waals surface area contributed by atoms with Crippen LogP contribution < -0.4 is 0 Å². The van der Waals surface area contributed by atoms with Crippen molar-refractivity contribution in [3.05, 3.63) is 183 Å². The average molecular weight is 564 g/mol. The van der Waals surface area contributed by atoms with Crippen molar-refractivity contribution in [2.24, 2.45) is 0 Å². The summed E-state index contributed by atoms with van der Waals surface area (Å²) in [6.45, 7) is 0. The van der Waals surface area contributed by atoms with Crippen LogP contribution in [0.2, 0.25) is 10.0 Å². The molecule has 0 fully saturated rings. The fraction of sp³-hybridized carbons (Fsp3) is 0.0256. The normalized spacial score (nSPS) is 13.8. The van der Waals surface area contributed by atoms with E-state index >= 15 is 0 Å². The van der Waals surface area contributed by atoms with Crippen molar-refractivity contribution < 1.29 is 0 Å². The van der Waals surface area contributed by atoms with Gasteiger partial charge in [-0.15, -0.1) is 0 Å². The largest absolute Gasteiger partial charge is 0.0843 e. The number of hydrogen-bond donors (Lipinski definition) is 0. The van der Waals surface area contributed by atoms with Gasteiger partial charge in [-0.1, -0.05) is 138 Å². The molecule has 0 nitrogen and oxygen atoms in total. The molecule has 2 heteroatoms. The molecule has 41 heavy (non-hydrogen) atoms. The van der Waals surface area contributed by atoms with Gasteiger partial charge in [0.05, 0.1) is 0 Å². The monoisotopic (exact) mass is 562 g/mol. The molecule has 194 valence electrons. The Balaban J connectivity index is 1.64. The minimum Gasteiger partial charge on any atom is -0.0843 e. The molecule has 1 atom stereocenters. The molecule has 1 unspecified atom stereocenters. The van der Waals surface area contributed by atoms with Crippen LogP contribution in [0.4, 0.5) is 0 Å². The Kier molecular flexibility index (Phi) is 6.69. The Morgan fingerprint density at radius 3 is 1.85 bits per heavy atom. The highest BCUT2D eigenvalue weighted by Gasteiger charge is 2.33. The standard InChI is InChI=1S/C39H24Cl2/c40-30-19-17-28(18-20-30)35-25-34(27-12-6-2-7-13-27)38-33(22-16-26-10-4-1-5-11-26)32-23-21-31(41)24-36(32)37(39(35)38)29-14-8-3-9-15-29/h1-15,17-21,23-25,34H. The predicted molar refractivity (Wildman–Crippen MR) is 174 cm³/mol. The molecule has 1 aliphatic rings. The Bertz CT molecular complexity index is 1980. The summed E-state index contributed by atoms with van der Waals surface area (Å²) in [5.74, 6) is 7.13. The topological polar surface area (TPSA) is 0 Å². The molecule has 7 rings (SSSR count). The Morgan fingerprint density at radius 1 is 0.512 bits per heavy atom. The molecular weight excluding hydrogens is 539 g/mol. The van der Waals surface area contributed by atoms with Gasteiger partial charge in [0.1, 0.15) is 0 Å². The van der Waals surface area contributed by atoms with Crippen molar-refractivity contribution >= 4 is 39.5 Å². The van der Waals surface area contributed by atoms with Gasteiger partial charge in [0.15, 0.2) is 0 Å². The quantitative estimate of drug-likeness (QED) is 0.188. The van der Waals surface area contributed by atoms with Gasteiger partial charge >= 0.3 is 0 Å². The molecule has 0 saturated carbocycles. The summed E-state index contributed by atoms with van der Waals surface area (Å²) in [7, 11) is 0. The van der Waals surface area contributed by atoms with Gasteiger partial charge in [-0.2, -0.15) is 0 Å². The summed E-state index contributed by atoms with van der Waals surface area (Å²) in [5.41, 5.74) is 10.3. The fourth-order valence-corrected chi connectivity index (χ4v) is 6.19. The second-order valence-electron chi connectivity index (χ2n) is 10.2. The van der Waals surface area contributed by atoms with Gasteiger partial charge in [-0.3, -0.25) is 0 Å². The average Bonchev–Trinajstić information content (AvgIpc) is 3.41. The minimum atomic E-state index is 0.0273. The first kappa shape index (κ1) is 25.4. The van der Waals surface area contributed by atoms with E-state index in [0.29, 0.717) is 5.02 Å². The van der Waals surface area contributed by atoms with Crippen LogP contribution in [0.1, 0.15) is 39.3 Å². The number of hydrogen-bond acceptors (Lipinski definition) is 0. The third-order valence-corrected chi connectivity index (χ3v) is 8.19. The summed E-state index contributed by atoms with van der Waals surface area (Å²) in [6.07, 6.45) is 2.39. The Labute approximate surface area is 250 Å². The van der Waals surface area contributed by atoms with E-state index in [1.54, 1.807) is 0 Å². The molecule has 6 aromatic carbocycles. The third kappa shape index (κ3) is 4.75. The first-order valence-electron chi connectivity index (χ1n) is 13.6. The smallest absolute Gasteiger partial charge is 0.0412 e. The zero-order valence-electron chi connectivity index (χ0n) is 22.1. The molecule has 0 spiro atoms. The number of allylic oxidation sites excluding steroid dienone is 1. The molecule has 0 heterocycles. The van der Waals surface area contributed by atoms with E-state index in [2.05, 4.69) is 115 Å². The summed E-state index contributed by atoms with van der Waals surface area (Å²) in [4.78, 5) is 0. The van der Waals surface area contributed by atoms with Gasteiger partial charge in [0, 0.05) is 27.1 Å². The van der Waals surface area contributed by atoms with Crippen LogP contribution in [-0.2, 0) is 0 Å². The summed E-state index contributed by atoms with van der Waals surface area (Å²) in [5, 5.41) is 3.61. The van der Waals surface area contributed by atoms with Crippen LogP contribution in [-0.4, -0.2) is 0 Å². The van der Waals surface area contributed by atoms with Crippen molar-refractivity contribution in [1.82, 2.24) is 0 Å². The first-order chi connectivity index (χ1) is 20.2. The lowest BCUT2D eigenvalue weighted by Gasteiger charge is -2.21. The molecule has 0 N–H and O–H groups in total. The third-order valence-electron chi connectivity index (χ3n) is 7.70. The number of benzene rings is 6. The lowest BCUT2D eigenvalue weighted by atomic mass is 9.81. The van der Waals surface area contributed by atoms with Crippen molar-refractivity contribution in [2.75, 3.05) is 0 Å². The lowest BCUT2D eigenvalue weighted by molar-refractivity contribution is 1.05. The lowest BCUT2D eigenvalue weighted by Crippen LogP contribution is -2.03. The maximum Gasteiger partial charge on any atom is 0.0412 e. The SMILES string of the molecule is Clc1ccc(C2=CC(c3ccccc3)c3c2c(-c2ccccc2)c2cc(Cl)ccc2c3C#Cc2ccccc2)cc1. The van der Waals surface area contributed by atoms with Crippen molar-refractivity contribution in [1.29, 1.82) is 0 Å². The van der Waals surface area contributed by atoms with Crippen LogP contribution in [0, 0.1) is 11.8 Å². The van der Waals surface area contributed by atoms with E-state index in [0.717, 1.165) is 38.0 Å². The molecule has 0 aliphatic heterocycles. The van der Waals surface area contributed by atoms with Gasteiger partial charge in [-0.25, -0.2) is 0 Å². The Morgan fingerprint density at radius 2 is 1.15 bits per heavy atom. The van der Waals surface area contributed by atoms with Gasteiger partial charge in [0.25, 0.3) is 0 Å². The second-order valence-corrected chi connectivity index (χ2v) is 11.1. The number of fused-ring (bicyclic) bond motifs is 2. The van der Waals surface area contributed by atoms with Crippen LogP contribution in [0.5, 0.6) is 0 Å². The maximum absolute atomic E-state index is 6.68. The molecule has 0 bridgehead atoms.